The molecule has 2 rings (SSSR count). The van der Waals surface area contributed by atoms with Crippen LogP contribution in [-0.4, -0.2) is 49.3 Å². The Morgan fingerprint density at radius 1 is 1.21 bits per heavy atom. The van der Waals surface area contributed by atoms with Crippen molar-refractivity contribution < 1.29 is 4.74 Å². The zero-order valence-electron chi connectivity index (χ0n) is 13.1. The van der Waals surface area contributed by atoms with E-state index in [1.54, 1.807) is 0 Å². The van der Waals surface area contributed by atoms with E-state index in [-0.39, 0.29) is 5.54 Å². The van der Waals surface area contributed by atoms with Crippen LogP contribution in [0.2, 0.25) is 0 Å². The molecular weight excluding hydrogens is 236 g/mol. The Balaban J connectivity index is 1.65. The van der Waals surface area contributed by atoms with Gasteiger partial charge < -0.3 is 15.0 Å². The van der Waals surface area contributed by atoms with Gasteiger partial charge in [-0.1, -0.05) is 0 Å². The van der Waals surface area contributed by atoms with Crippen molar-refractivity contribution in [2.45, 2.75) is 64.5 Å². The van der Waals surface area contributed by atoms with Crippen LogP contribution in [-0.2, 0) is 4.74 Å². The fraction of sp³-hybridized carbons (Fsp3) is 1.00. The van der Waals surface area contributed by atoms with Crippen molar-refractivity contribution >= 4 is 0 Å². The minimum Gasteiger partial charge on any atom is -0.378 e. The first-order valence-electron chi connectivity index (χ1n) is 8.12. The molecule has 0 bridgehead atoms. The molecule has 2 unspecified atom stereocenters. The number of likely N-dealkylation sites (tertiary alicyclic amines) is 1. The van der Waals surface area contributed by atoms with E-state index < -0.39 is 0 Å². The average molecular weight is 268 g/mol. The maximum atomic E-state index is 5.72. The Morgan fingerprint density at radius 2 is 2.05 bits per heavy atom. The summed E-state index contributed by atoms with van der Waals surface area (Å²) < 4.78 is 5.72. The predicted octanol–water partition coefficient (Wildman–Crippen LogP) is 2.66. The van der Waals surface area contributed by atoms with Gasteiger partial charge in [0.2, 0.25) is 0 Å². The van der Waals surface area contributed by atoms with Crippen LogP contribution in [0, 0.1) is 5.92 Å². The van der Waals surface area contributed by atoms with Gasteiger partial charge in [0.05, 0.1) is 6.10 Å². The third-order valence-corrected chi connectivity index (χ3v) is 4.32. The Labute approximate surface area is 119 Å². The molecule has 1 N–H and O–H groups in total. The van der Waals surface area contributed by atoms with E-state index in [0.29, 0.717) is 6.10 Å². The second-order valence-electron chi connectivity index (χ2n) is 7.36. The van der Waals surface area contributed by atoms with Crippen LogP contribution in [0.15, 0.2) is 0 Å². The van der Waals surface area contributed by atoms with Crippen LogP contribution < -0.4 is 5.32 Å². The summed E-state index contributed by atoms with van der Waals surface area (Å²) in [6, 6.07) is 0. The summed E-state index contributed by atoms with van der Waals surface area (Å²) in [6.45, 7) is 12.7. The average Bonchev–Trinajstić information content (AvgIpc) is 2.87. The molecule has 19 heavy (non-hydrogen) atoms. The highest BCUT2D eigenvalue weighted by atomic mass is 16.5. The lowest BCUT2D eigenvalue weighted by Gasteiger charge is -2.35. The van der Waals surface area contributed by atoms with Crippen molar-refractivity contribution in [3.63, 3.8) is 0 Å². The highest BCUT2D eigenvalue weighted by Crippen LogP contribution is 2.20. The van der Waals surface area contributed by atoms with Crippen LogP contribution in [0.4, 0.5) is 0 Å². The molecule has 2 aliphatic heterocycles. The highest BCUT2D eigenvalue weighted by Gasteiger charge is 2.23. The monoisotopic (exact) mass is 268 g/mol. The molecule has 0 aromatic heterocycles. The molecule has 2 saturated heterocycles. The van der Waals surface area contributed by atoms with Crippen molar-refractivity contribution in [3.05, 3.63) is 0 Å². The summed E-state index contributed by atoms with van der Waals surface area (Å²) >= 11 is 0. The summed E-state index contributed by atoms with van der Waals surface area (Å²) in [5, 5.41) is 3.66. The highest BCUT2D eigenvalue weighted by molar-refractivity contribution is 4.79. The Morgan fingerprint density at radius 3 is 2.74 bits per heavy atom. The molecule has 2 heterocycles. The molecule has 0 aromatic carbocycles. The van der Waals surface area contributed by atoms with Gasteiger partial charge in [0.1, 0.15) is 0 Å². The van der Waals surface area contributed by atoms with E-state index in [0.717, 1.165) is 12.5 Å². The van der Waals surface area contributed by atoms with E-state index in [2.05, 4.69) is 31.0 Å². The lowest BCUT2D eigenvalue weighted by molar-refractivity contribution is 0.0825. The first-order valence-corrected chi connectivity index (χ1v) is 8.12. The van der Waals surface area contributed by atoms with Crippen molar-refractivity contribution in [2.24, 2.45) is 5.92 Å². The summed E-state index contributed by atoms with van der Waals surface area (Å²) in [7, 11) is 0. The maximum absolute atomic E-state index is 5.72. The van der Waals surface area contributed by atoms with Gasteiger partial charge in [0.15, 0.2) is 0 Å². The number of hydrogen-bond donors (Lipinski definition) is 1. The first-order chi connectivity index (χ1) is 9.03. The van der Waals surface area contributed by atoms with Gasteiger partial charge in [0.25, 0.3) is 0 Å². The number of rotatable bonds is 5. The van der Waals surface area contributed by atoms with Crippen LogP contribution >= 0.6 is 0 Å². The molecule has 0 radical (unpaired) electrons. The summed E-state index contributed by atoms with van der Waals surface area (Å²) in [4.78, 5) is 2.65. The number of nitrogens with one attached hydrogen (secondary N) is 1. The number of piperidine rings is 1. The molecule has 3 nitrogen and oxygen atoms in total. The number of hydrogen-bond acceptors (Lipinski definition) is 3. The lowest BCUT2D eigenvalue weighted by atomic mass is 9.96. The Hall–Kier alpha value is -0.120. The fourth-order valence-electron chi connectivity index (χ4n) is 3.17. The number of ether oxygens (including phenoxy) is 1. The minimum absolute atomic E-state index is 0.250. The topological polar surface area (TPSA) is 24.5 Å². The third kappa shape index (κ3) is 5.80. The van der Waals surface area contributed by atoms with E-state index >= 15 is 0 Å². The quantitative estimate of drug-likeness (QED) is 0.829. The van der Waals surface area contributed by atoms with E-state index in [1.165, 1.54) is 58.3 Å². The molecule has 0 aromatic rings. The first kappa shape index (κ1) is 15.3. The van der Waals surface area contributed by atoms with Gasteiger partial charge in [-0.15, -0.1) is 0 Å². The Bertz CT molecular complexity index is 256. The van der Waals surface area contributed by atoms with Gasteiger partial charge in [-0.05, 0) is 71.9 Å². The summed E-state index contributed by atoms with van der Waals surface area (Å²) in [5.41, 5.74) is 0.250. The van der Waals surface area contributed by atoms with Crippen LogP contribution in [0.5, 0.6) is 0 Å². The zero-order valence-corrected chi connectivity index (χ0v) is 13.1. The fourth-order valence-corrected chi connectivity index (χ4v) is 3.17. The molecule has 112 valence electrons. The van der Waals surface area contributed by atoms with Crippen molar-refractivity contribution in [2.75, 3.05) is 32.8 Å². The van der Waals surface area contributed by atoms with Gasteiger partial charge >= 0.3 is 0 Å². The molecule has 0 spiro atoms. The molecule has 0 aliphatic carbocycles. The lowest BCUT2D eigenvalue weighted by Crippen LogP contribution is -2.45. The normalized spacial score (nSPS) is 29.8. The van der Waals surface area contributed by atoms with Crippen molar-refractivity contribution in [3.8, 4) is 0 Å². The van der Waals surface area contributed by atoms with Crippen LogP contribution in [0.1, 0.15) is 52.9 Å². The molecule has 2 atom stereocenters. The molecular formula is C16H32N2O. The minimum atomic E-state index is 0.250. The molecule has 2 aliphatic rings. The smallest absolute Gasteiger partial charge is 0.0588 e. The van der Waals surface area contributed by atoms with E-state index in [9.17, 15) is 0 Å². The van der Waals surface area contributed by atoms with E-state index in [1.807, 2.05) is 0 Å². The van der Waals surface area contributed by atoms with Gasteiger partial charge in [-0.3, -0.25) is 0 Å². The van der Waals surface area contributed by atoms with Gasteiger partial charge in [-0.2, -0.15) is 0 Å². The van der Waals surface area contributed by atoms with Crippen molar-refractivity contribution in [1.29, 1.82) is 0 Å². The van der Waals surface area contributed by atoms with Gasteiger partial charge in [-0.25, -0.2) is 0 Å². The maximum Gasteiger partial charge on any atom is 0.0588 e. The largest absolute Gasteiger partial charge is 0.378 e. The standard InChI is InChI=1S/C16H32N2O/c1-16(2,3)17-12-14-6-4-9-18(13-14)10-8-15-7-5-11-19-15/h14-15,17H,4-13H2,1-3H3. The summed E-state index contributed by atoms with van der Waals surface area (Å²) in [6.07, 6.45) is 7.08. The third-order valence-electron chi connectivity index (χ3n) is 4.32. The second-order valence-corrected chi connectivity index (χ2v) is 7.36. The van der Waals surface area contributed by atoms with Gasteiger partial charge in [0, 0.05) is 25.2 Å². The van der Waals surface area contributed by atoms with Crippen molar-refractivity contribution in [1.82, 2.24) is 10.2 Å². The Kier molecular flexibility index (Phi) is 5.67. The SMILES string of the molecule is CC(C)(C)NCC1CCCN(CCC2CCCO2)C1. The molecule has 0 amide bonds. The summed E-state index contributed by atoms with van der Waals surface area (Å²) in [5.74, 6) is 0.831. The molecule has 3 heteroatoms. The van der Waals surface area contributed by atoms with Crippen LogP contribution in [0.25, 0.3) is 0 Å². The van der Waals surface area contributed by atoms with Crippen LogP contribution in [0.3, 0.4) is 0 Å². The predicted molar refractivity (Wildman–Crippen MR) is 80.5 cm³/mol. The zero-order chi connectivity index (χ0) is 13.7. The van der Waals surface area contributed by atoms with E-state index in [4.69, 9.17) is 4.74 Å². The number of nitrogens with zero attached hydrogens (tertiary/aromatic N) is 1. The second kappa shape index (κ2) is 7.05. The molecule has 0 saturated carbocycles. The molecule has 2 fully saturated rings.